The van der Waals surface area contributed by atoms with Crippen LogP contribution in [0.15, 0.2) is 28.2 Å². The van der Waals surface area contributed by atoms with Gasteiger partial charge < -0.3 is 5.32 Å². The molecule has 1 aliphatic heterocycles. The molecule has 1 aromatic rings. The zero-order valence-electron chi connectivity index (χ0n) is 8.31. The van der Waals surface area contributed by atoms with Gasteiger partial charge in [-0.15, -0.1) is 0 Å². The minimum atomic E-state index is 1.05. The normalized spacial score (nSPS) is 19.1. The van der Waals surface area contributed by atoms with Crippen LogP contribution in [0.2, 0.25) is 0 Å². The van der Waals surface area contributed by atoms with Crippen molar-refractivity contribution >= 4 is 22.0 Å². The second-order valence-corrected chi connectivity index (χ2v) is 4.71. The summed E-state index contributed by atoms with van der Waals surface area (Å²) in [4.78, 5) is 0. The second-order valence-electron chi connectivity index (χ2n) is 3.79. The summed E-state index contributed by atoms with van der Waals surface area (Å²) in [6.45, 7) is 4.30. The molecule has 1 N–H and O–H groups in total. The van der Waals surface area contributed by atoms with Crippen molar-refractivity contribution in [3.05, 3.63) is 39.4 Å². The molecule has 1 heterocycles. The second kappa shape index (κ2) is 4.28. The average molecular weight is 252 g/mol. The first-order chi connectivity index (χ1) is 6.74. The standard InChI is InChI=1S/C12H14BrN/c1-9-4-11(7-12(13)5-9)6-10-2-3-14-8-10/h4-7,14H,2-3,8H2,1H3/b10-6-. The van der Waals surface area contributed by atoms with E-state index in [1.54, 1.807) is 0 Å². The Kier molecular flexibility index (Phi) is 3.04. The smallest absolute Gasteiger partial charge is 0.0183 e. The van der Waals surface area contributed by atoms with E-state index in [0.29, 0.717) is 0 Å². The van der Waals surface area contributed by atoms with Gasteiger partial charge in [0.1, 0.15) is 0 Å². The van der Waals surface area contributed by atoms with Crippen LogP contribution in [0.1, 0.15) is 17.5 Å². The quantitative estimate of drug-likeness (QED) is 0.809. The monoisotopic (exact) mass is 251 g/mol. The van der Waals surface area contributed by atoms with E-state index in [1.165, 1.54) is 23.1 Å². The van der Waals surface area contributed by atoms with E-state index in [4.69, 9.17) is 0 Å². The van der Waals surface area contributed by atoms with Crippen molar-refractivity contribution in [1.82, 2.24) is 5.32 Å². The lowest BCUT2D eigenvalue weighted by atomic mass is 10.1. The van der Waals surface area contributed by atoms with E-state index in [9.17, 15) is 0 Å². The van der Waals surface area contributed by atoms with Crippen molar-refractivity contribution in [3.63, 3.8) is 0 Å². The van der Waals surface area contributed by atoms with Crippen LogP contribution in [-0.2, 0) is 0 Å². The maximum atomic E-state index is 3.52. The summed E-state index contributed by atoms with van der Waals surface area (Å²) in [5.41, 5.74) is 4.11. The van der Waals surface area contributed by atoms with Gasteiger partial charge in [-0.25, -0.2) is 0 Å². The molecule has 0 aromatic heterocycles. The van der Waals surface area contributed by atoms with Gasteiger partial charge in [-0.3, -0.25) is 0 Å². The van der Waals surface area contributed by atoms with Crippen molar-refractivity contribution in [1.29, 1.82) is 0 Å². The number of hydrogen-bond acceptors (Lipinski definition) is 1. The van der Waals surface area contributed by atoms with E-state index in [1.807, 2.05) is 0 Å². The third-order valence-corrected chi connectivity index (χ3v) is 2.87. The molecule has 2 rings (SSSR count). The number of nitrogens with one attached hydrogen (secondary N) is 1. The van der Waals surface area contributed by atoms with Gasteiger partial charge in [-0.05, 0) is 43.1 Å². The van der Waals surface area contributed by atoms with E-state index in [0.717, 1.165) is 17.6 Å². The fourth-order valence-corrected chi connectivity index (χ4v) is 2.42. The van der Waals surface area contributed by atoms with Crippen LogP contribution in [0.3, 0.4) is 0 Å². The summed E-state index contributed by atoms with van der Waals surface area (Å²) in [5.74, 6) is 0. The highest BCUT2D eigenvalue weighted by atomic mass is 79.9. The predicted molar refractivity (Wildman–Crippen MR) is 64.3 cm³/mol. The van der Waals surface area contributed by atoms with Gasteiger partial charge in [-0.1, -0.05) is 33.6 Å². The summed E-state index contributed by atoms with van der Waals surface area (Å²) < 4.78 is 1.16. The highest BCUT2D eigenvalue weighted by Gasteiger charge is 2.05. The van der Waals surface area contributed by atoms with Crippen LogP contribution in [-0.4, -0.2) is 13.1 Å². The van der Waals surface area contributed by atoms with Crippen molar-refractivity contribution in [3.8, 4) is 0 Å². The van der Waals surface area contributed by atoms with E-state index >= 15 is 0 Å². The van der Waals surface area contributed by atoms with E-state index in [2.05, 4.69) is 52.4 Å². The molecule has 0 aliphatic carbocycles. The lowest BCUT2D eigenvalue weighted by Crippen LogP contribution is -2.04. The zero-order valence-corrected chi connectivity index (χ0v) is 9.89. The summed E-state index contributed by atoms with van der Waals surface area (Å²) in [5, 5.41) is 3.34. The van der Waals surface area contributed by atoms with Gasteiger partial charge in [0.15, 0.2) is 0 Å². The number of rotatable bonds is 1. The largest absolute Gasteiger partial charge is 0.313 e. The SMILES string of the molecule is Cc1cc(Br)cc(/C=C2/CCNC2)c1. The number of aryl methyl sites for hydroxylation is 1. The fraction of sp³-hybridized carbons (Fsp3) is 0.333. The first kappa shape index (κ1) is 9.94. The molecule has 2 heteroatoms. The summed E-state index contributed by atoms with van der Waals surface area (Å²) >= 11 is 3.52. The van der Waals surface area contributed by atoms with Crippen LogP contribution in [0, 0.1) is 6.92 Å². The summed E-state index contributed by atoms with van der Waals surface area (Å²) in [6.07, 6.45) is 3.48. The highest BCUT2D eigenvalue weighted by Crippen LogP contribution is 2.19. The van der Waals surface area contributed by atoms with Crippen molar-refractivity contribution in [2.24, 2.45) is 0 Å². The molecule has 0 amide bonds. The molecule has 1 aliphatic rings. The van der Waals surface area contributed by atoms with E-state index < -0.39 is 0 Å². The van der Waals surface area contributed by atoms with Crippen LogP contribution in [0.25, 0.3) is 6.08 Å². The van der Waals surface area contributed by atoms with Gasteiger partial charge in [0, 0.05) is 11.0 Å². The highest BCUT2D eigenvalue weighted by molar-refractivity contribution is 9.10. The molecule has 1 nitrogen and oxygen atoms in total. The maximum Gasteiger partial charge on any atom is 0.0183 e. The third kappa shape index (κ3) is 2.46. The van der Waals surface area contributed by atoms with Crippen LogP contribution in [0.5, 0.6) is 0 Å². The molecule has 1 fully saturated rings. The van der Waals surface area contributed by atoms with Crippen LogP contribution in [0.4, 0.5) is 0 Å². The van der Waals surface area contributed by atoms with Gasteiger partial charge in [0.2, 0.25) is 0 Å². The Hall–Kier alpha value is -0.600. The minimum Gasteiger partial charge on any atom is -0.313 e. The molecular weight excluding hydrogens is 238 g/mol. The van der Waals surface area contributed by atoms with E-state index in [-0.39, 0.29) is 0 Å². The minimum absolute atomic E-state index is 1.05. The van der Waals surface area contributed by atoms with Crippen molar-refractivity contribution in [2.75, 3.05) is 13.1 Å². The van der Waals surface area contributed by atoms with Crippen LogP contribution >= 0.6 is 15.9 Å². The van der Waals surface area contributed by atoms with Crippen molar-refractivity contribution < 1.29 is 0 Å². The number of hydrogen-bond donors (Lipinski definition) is 1. The third-order valence-electron chi connectivity index (χ3n) is 2.41. The Bertz CT molecular complexity index is 340. The molecule has 74 valence electrons. The zero-order chi connectivity index (χ0) is 9.97. The Morgan fingerprint density at radius 1 is 1.36 bits per heavy atom. The maximum absolute atomic E-state index is 3.52. The molecule has 0 spiro atoms. The fourth-order valence-electron chi connectivity index (χ4n) is 1.79. The van der Waals surface area contributed by atoms with Gasteiger partial charge in [-0.2, -0.15) is 0 Å². The van der Waals surface area contributed by atoms with Crippen LogP contribution < -0.4 is 5.32 Å². The average Bonchev–Trinajstić information content (AvgIpc) is 2.54. The first-order valence-corrected chi connectivity index (χ1v) is 5.71. The Balaban J connectivity index is 2.27. The van der Waals surface area contributed by atoms with Gasteiger partial charge >= 0.3 is 0 Å². The molecule has 14 heavy (non-hydrogen) atoms. The van der Waals surface area contributed by atoms with Gasteiger partial charge in [0.25, 0.3) is 0 Å². The Labute approximate surface area is 93.3 Å². The predicted octanol–water partition coefficient (Wildman–Crippen LogP) is 3.13. The molecular formula is C12H14BrN. The summed E-state index contributed by atoms with van der Waals surface area (Å²) in [6, 6.07) is 6.52. The lowest BCUT2D eigenvalue weighted by molar-refractivity contribution is 0.862. The van der Waals surface area contributed by atoms with Crippen molar-refractivity contribution in [2.45, 2.75) is 13.3 Å². The molecule has 0 atom stereocenters. The summed E-state index contributed by atoms with van der Waals surface area (Å²) in [7, 11) is 0. The molecule has 1 saturated heterocycles. The Morgan fingerprint density at radius 2 is 2.21 bits per heavy atom. The molecule has 0 unspecified atom stereocenters. The van der Waals surface area contributed by atoms with Gasteiger partial charge in [0.05, 0.1) is 0 Å². The Morgan fingerprint density at radius 3 is 2.86 bits per heavy atom. The molecule has 0 radical (unpaired) electrons. The number of halogens is 1. The molecule has 0 bridgehead atoms. The molecule has 0 saturated carbocycles. The molecule has 1 aromatic carbocycles. The number of benzene rings is 1. The lowest BCUT2D eigenvalue weighted by Gasteiger charge is -2.00. The first-order valence-electron chi connectivity index (χ1n) is 4.91. The topological polar surface area (TPSA) is 12.0 Å².